The first-order valence-corrected chi connectivity index (χ1v) is 13.6. The molecule has 1 atom stereocenters. The Kier molecular flexibility index (Phi) is 6.34. The van der Waals surface area contributed by atoms with Crippen LogP contribution in [-0.4, -0.2) is 46.7 Å². The number of rotatable bonds is 5. The van der Waals surface area contributed by atoms with Gasteiger partial charge in [-0.3, -0.25) is 14.5 Å². The molecule has 0 saturated carbocycles. The van der Waals surface area contributed by atoms with Crippen molar-refractivity contribution < 1.29 is 34.0 Å². The van der Waals surface area contributed by atoms with Gasteiger partial charge in [-0.2, -0.15) is 0 Å². The number of anilines is 1. The minimum Gasteiger partial charge on any atom is -0.507 e. The first-order valence-electron chi connectivity index (χ1n) is 12.8. The quantitative estimate of drug-likeness (QED) is 0.190. The molecule has 2 aliphatic rings. The number of ether oxygens (including phenoxy) is 3. The van der Waals surface area contributed by atoms with E-state index in [4.69, 9.17) is 19.2 Å². The van der Waals surface area contributed by atoms with Gasteiger partial charge >= 0.3 is 5.91 Å². The molecule has 10 heteroatoms. The predicted molar refractivity (Wildman–Crippen MR) is 151 cm³/mol. The number of amides is 1. The summed E-state index contributed by atoms with van der Waals surface area (Å²) in [5, 5.41) is 22.2. The third kappa shape index (κ3) is 4.21. The van der Waals surface area contributed by atoms with E-state index in [9.17, 15) is 19.8 Å². The third-order valence-corrected chi connectivity index (χ3v) is 7.89. The molecular weight excluding hydrogens is 532 g/mol. The van der Waals surface area contributed by atoms with Crippen LogP contribution in [0.15, 0.2) is 54.1 Å². The van der Waals surface area contributed by atoms with Gasteiger partial charge < -0.3 is 24.4 Å². The topological polar surface area (TPSA) is 118 Å². The number of aromatic nitrogens is 1. The Morgan fingerprint density at radius 2 is 1.85 bits per heavy atom. The molecule has 0 radical (unpaired) electrons. The maximum absolute atomic E-state index is 13.6. The summed E-state index contributed by atoms with van der Waals surface area (Å²) in [6.07, 6.45) is 0. The van der Waals surface area contributed by atoms with Crippen LogP contribution in [0.4, 0.5) is 5.13 Å². The molecule has 0 bridgehead atoms. The molecule has 3 heterocycles. The Bertz CT molecular complexity index is 1720. The number of fused-ring (bicyclic) bond motifs is 2. The van der Waals surface area contributed by atoms with Gasteiger partial charge in [-0.05, 0) is 73.9 Å². The highest BCUT2D eigenvalue weighted by Gasteiger charge is 2.48. The SMILES string of the molecule is CCOc1cc(C2C(=C(O)c3ccc4c(c3)OCCO4)C(=O)C(=O)N2c2nc3c(C)cc(C)cc3s2)ccc1O. The average Bonchev–Trinajstić information content (AvgIpc) is 3.48. The summed E-state index contributed by atoms with van der Waals surface area (Å²) in [7, 11) is 0. The van der Waals surface area contributed by atoms with Crippen molar-refractivity contribution in [1.29, 1.82) is 0 Å². The van der Waals surface area contributed by atoms with E-state index >= 15 is 0 Å². The van der Waals surface area contributed by atoms with Gasteiger partial charge in [0.25, 0.3) is 5.78 Å². The lowest BCUT2D eigenvalue weighted by Gasteiger charge is -2.24. The number of carbonyl (C=O) groups excluding carboxylic acids is 2. The molecule has 1 amide bonds. The van der Waals surface area contributed by atoms with Crippen LogP contribution < -0.4 is 19.1 Å². The van der Waals surface area contributed by atoms with Crippen LogP contribution in [0, 0.1) is 13.8 Å². The van der Waals surface area contributed by atoms with Crippen molar-refractivity contribution in [3.05, 3.63) is 76.4 Å². The van der Waals surface area contributed by atoms with Gasteiger partial charge in [0.2, 0.25) is 0 Å². The zero-order chi connectivity index (χ0) is 28.1. The molecule has 1 aromatic heterocycles. The summed E-state index contributed by atoms with van der Waals surface area (Å²) in [5.41, 5.74) is 3.39. The average molecular weight is 559 g/mol. The number of carbonyl (C=O) groups is 2. The fourth-order valence-electron chi connectivity index (χ4n) is 5.13. The molecule has 3 aromatic carbocycles. The highest BCUT2D eigenvalue weighted by molar-refractivity contribution is 7.22. The number of hydrogen-bond donors (Lipinski definition) is 2. The highest BCUT2D eigenvalue weighted by Crippen LogP contribution is 2.46. The predicted octanol–water partition coefficient (Wildman–Crippen LogP) is 5.41. The number of benzene rings is 3. The number of thiazole rings is 1. The summed E-state index contributed by atoms with van der Waals surface area (Å²) >= 11 is 1.29. The van der Waals surface area contributed by atoms with Gasteiger partial charge in [0.15, 0.2) is 28.1 Å². The van der Waals surface area contributed by atoms with Crippen molar-refractivity contribution in [2.45, 2.75) is 26.8 Å². The van der Waals surface area contributed by atoms with Crippen LogP contribution in [0.2, 0.25) is 0 Å². The second-order valence-corrected chi connectivity index (χ2v) is 10.6. The van der Waals surface area contributed by atoms with Gasteiger partial charge in [-0.15, -0.1) is 0 Å². The van der Waals surface area contributed by atoms with E-state index < -0.39 is 17.7 Å². The molecular formula is C30H26N2O7S. The molecule has 1 fully saturated rings. The number of phenolic OH excluding ortho intramolecular Hbond substituents is 1. The van der Waals surface area contributed by atoms with Crippen LogP contribution in [0.5, 0.6) is 23.0 Å². The zero-order valence-electron chi connectivity index (χ0n) is 22.1. The summed E-state index contributed by atoms with van der Waals surface area (Å²) in [5.74, 6) is -0.955. The fraction of sp³-hybridized carbons (Fsp3) is 0.233. The summed E-state index contributed by atoms with van der Waals surface area (Å²) < 4.78 is 17.7. The lowest BCUT2D eigenvalue weighted by atomic mass is 9.95. The number of aryl methyl sites for hydroxylation is 2. The van der Waals surface area contributed by atoms with Crippen LogP contribution in [-0.2, 0) is 9.59 Å². The van der Waals surface area contributed by atoms with E-state index in [1.165, 1.54) is 22.3 Å². The van der Waals surface area contributed by atoms with Gasteiger partial charge in [-0.25, -0.2) is 4.98 Å². The number of nitrogens with zero attached hydrogens (tertiary/aromatic N) is 2. The number of Topliss-reactive ketones (excluding diaryl/α,β-unsaturated/α-hetero) is 1. The van der Waals surface area contributed by atoms with Crippen molar-refractivity contribution in [3.8, 4) is 23.0 Å². The molecule has 204 valence electrons. The Hall–Kier alpha value is -4.57. The molecule has 6 rings (SSSR count). The molecule has 9 nitrogen and oxygen atoms in total. The van der Waals surface area contributed by atoms with Gasteiger partial charge in [0, 0.05) is 5.56 Å². The van der Waals surface area contributed by atoms with Crippen molar-refractivity contribution in [2.24, 2.45) is 0 Å². The molecule has 2 N–H and O–H groups in total. The second kappa shape index (κ2) is 9.87. The minimum atomic E-state index is -1.03. The lowest BCUT2D eigenvalue weighted by molar-refractivity contribution is -0.132. The first kappa shape index (κ1) is 25.7. The standard InChI is InChI=1S/C30H26N2O7S/c1-4-37-21-13-17(5-7-19(21)33)26-24(27(34)18-6-8-20-22(14-18)39-10-9-38-20)28(35)29(36)32(26)30-31-25-16(3)11-15(2)12-23(25)40-30/h5-8,11-14,26,33-34H,4,9-10H2,1-3H3. The van der Waals surface area contributed by atoms with E-state index in [1.807, 2.05) is 26.0 Å². The Balaban J connectivity index is 1.56. The van der Waals surface area contributed by atoms with E-state index in [1.54, 1.807) is 37.3 Å². The highest BCUT2D eigenvalue weighted by atomic mass is 32.1. The largest absolute Gasteiger partial charge is 0.507 e. The van der Waals surface area contributed by atoms with E-state index in [2.05, 4.69) is 0 Å². The molecule has 1 saturated heterocycles. The van der Waals surface area contributed by atoms with E-state index in [-0.39, 0.29) is 22.8 Å². The molecule has 2 aliphatic heterocycles. The maximum Gasteiger partial charge on any atom is 0.301 e. The zero-order valence-corrected chi connectivity index (χ0v) is 22.9. The summed E-state index contributed by atoms with van der Waals surface area (Å²) in [6, 6.07) is 12.4. The van der Waals surface area contributed by atoms with Gasteiger partial charge in [-0.1, -0.05) is 23.5 Å². The number of aromatic hydroxyl groups is 1. The summed E-state index contributed by atoms with van der Waals surface area (Å²) in [4.78, 5) is 33.3. The van der Waals surface area contributed by atoms with Crippen LogP contribution >= 0.6 is 11.3 Å². The molecule has 0 spiro atoms. The van der Waals surface area contributed by atoms with Crippen molar-refractivity contribution in [3.63, 3.8) is 0 Å². The molecule has 1 unspecified atom stereocenters. The smallest absolute Gasteiger partial charge is 0.301 e. The Labute approximate surface area is 233 Å². The van der Waals surface area contributed by atoms with Gasteiger partial charge in [0.05, 0.1) is 28.4 Å². The van der Waals surface area contributed by atoms with Crippen molar-refractivity contribution in [1.82, 2.24) is 4.98 Å². The van der Waals surface area contributed by atoms with Crippen LogP contribution in [0.25, 0.3) is 16.0 Å². The minimum absolute atomic E-state index is 0.0829. The second-order valence-electron chi connectivity index (χ2n) is 9.61. The molecule has 0 aliphatic carbocycles. The van der Waals surface area contributed by atoms with Crippen LogP contribution in [0.1, 0.15) is 35.2 Å². The first-order chi connectivity index (χ1) is 19.3. The van der Waals surface area contributed by atoms with Gasteiger partial charge in [0.1, 0.15) is 19.0 Å². The Morgan fingerprint density at radius 1 is 1.07 bits per heavy atom. The number of hydrogen-bond acceptors (Lipinski definition) is 9. The number of ketones is 1. The number of aliphatic hydroxyl groups excluding tert-OH is 1. The van der Waals surface area contributed by atoms with Crippen molar-refractivity contribution >= 4 is 44.1 Å². The normalized spacial score (nSPS) is 18.0. The van der Waals surface area contributed by atoms with Crippen molar-refractivity contribution in [2.75, 3.05) is 24.7 Å². The fourth-order valence-corrected chi connectivity index (χ4v) is 6.29. The summed E-state index contributed by atoms with van der Waals surface area (Å²) in [6.45, 7) is 6.77. The van der Waals surface area contributed by atoms with E-state index in [0.717, 1.165) is 21.3 Å². The number of phenols is 1. The van der Waals surface area contributed by atoms with Crippen LogP contribution in [0.3, 0.4) is 0 Å². The molecule has 4 aromatic rings. The molecule has 40 heavy (non-hydrogen) atoms. The third-order valence-electron chi connectivity index (χ3n) is 6.88. The lowest BCUT2D eigenvalue weighted by Crippen LogP contribution is -2.29. The maximum atomic E-state index is 13.6. The number of aliphatic hydroxyl groups is 1. The monoisotopic (exact) mass is 558 g/mol. The van der Waals surface area contributed by atoms with E-state index in [0.29, 0.717) is 47.6 Å². The Morgan fingerprint density at radius 3 is 2.62 bits per heavy atom.